The van der Waals surface area contributed by atoms with Crippen molar-refractivity contribution in [2.75, 3.05) is 0 Å². The van der Waals surface area contributed by atoms with Crippen LogP contribution < -0.4 is 0 Å². The number of carboxylic acids is 1. The number of benzene rings is 3. The molecular weight excluding hydrogens is 518 g/mol. The van der Waals surface area contributed by atoms with Crippen molar-refractivity contribution in [3.63, 3.8) is 0 Å². The monoisotopic (exact) mass is 547 g/mol. The predicted octanol–water partition coefficient (Wildman–Crippen LogP) is 7.40. The highest BCUT2D eigenvalue weighted by Crippen LogP contribution is 2.41. The molecule has 5 rings (SSSR count). The minimum absolute atomic E-state index is 0.0526. The summed E-state index contributed by atoms with van der Waals surface area (Å²) in [6, 6.07) is 19.7. The van der Waals surface area contributed by atoms with Gasteiger partial charge in [-0.2, -0.15) is 5.10 Å². The molecule has 0 saturated carbocycles. The van der Waals surface area contributed by atoms with Gasteiger partial charge in [-0.05, 0) is 74.7 Å². The first-order valence-electron chi connectivity index (χ1n) is 12.1. The fourth-order valence-corrected chi connectivity index (χ4v) is 5.39. The van der Waals surface area contributed by atoms with Crippen LogP contribution in [-0.2, 0) is 18.3 Å². The van der Waals surface area contributed by atoms with E-state index in [0.29, 0.717) is 5.02 Å². The van der Waals surface area contributed by atoms with E-state index in [1.807, 2.05) is 67.2 Å². The van der Waals surface area contributed by atoms with Gasteiger partial charge in [0.1, 0.15) is 5.01 Å². The summed E-state index contributed by atoms with van der Waals surface area (Å²) in [6.45, 7) is 7.17. The van der Waals surface area contributed by atoms with Crippen LogP contribution in [0.4, 0.5) is 0 Å². The lowest BCUT2D eigenvalue weighted by Crippen LogP contribution is -2.10. The van der Waals surface area contributed by atoms with Crippen LogP contribution in [0.1, 0.15) is 31.9 Å². The average molecular weight is 548 g/mol. The fourth-order valence-electron chi connectivity index (χ4n) is 4.13. The SMILES string of the molecule is CC(C)(C)O.Cc1cc2nc(-c3cccc(-c4ccnn4C)c3)sc2c(-c2ccc(Cl)cc2)c1CC(=O)O. The van der Waals surface area contributed by atoms with Gasteiger partial charge in [0, 0.05) is 35.0 Å². The molecule has 0 saturated heterocycles. The fraction of sp³-hybridized carbons (Fsp3) is 0.233. The van der Waals surface area contributed by atoms with Crippen LogP contribution in [0.25, 0.3) is 43.2 Å². The normalized spacial score (nSPS) is 11.3. The van der Waals surface area contributed by atoms with Gasteiger partial charge >= 0.3 is 5.97 Å². The zero-order chi connectivity index (χ0) is 27.6. The van der Waals surface area contributed by atoms with Gasteiger partial charge in [-0.1, -0.05) is 41.9 Å². The molecule has 0 atom stereocenters. The molecular formula is C30H30ClN3O3S. The van der Waals surface area contributed by atoms with Gasteiger partial charge in [-0.25, -0.2) is 4.98 Å². The van der Waals surface area contributed by atoms with E-state index in [-0.39, 0.29) is 6.42 Å². The molecule has 0 spiro atoms. The van der Waals surface area contributed by atoms with E-state index in [2.05, 4.69) is 17.2 Å². The number of aryl methyl sites for hydroxylation is 2. The molecule has 0 aliphatic carbocycles. The lowest BCUT2D eigenvalue weighted by Gasteiger charge is -2.13. The second-order valence-corrected chi connectivity index (χ2v) is 11.5. The maximum Gasteiger partial charge on any atom is 0.307 e. The molecule has 0 unspecified atom stereocenters. The zero-order valence-electron chi connectivity index (χ0n) is 22.0. The maximum atomic E-state index is 11.7. The van der Waals surface area contributed by atoms with Gasteiger partial charge in [0.05, 0.1) is 27.9 Å². The van der Waals surface area contributed by atoms with E-state index < -0.39 is 11.6 Å². The summed E-state index contributed by atoms with van der Waals surface area (Å²) >= 11 is 7.69. The van der Waals surface area contributed by atoms with E-state index in [1.165, 1.54) is 0 Å². The highest BCUT2D eigenvalue weighted by atomic mass is 35.5. The molecule has 2 N–H and O–H groups in total. The standard InChI is InChI=1S/C26H20ClN3O2S.C4H10O/c1-15-12-21-25(24(20(15)14-23(31)32)16-6-8-19(27)9-7-16)33-26(29-21)18-5-3-4-17(13-18)22-10-11-28-30(22)2;1-4(2,3)5/h3-13H,14H2,1-2H3,(H,31,32);5H,1-3H3. The van der Waals surface area contributed by atoms with Crippen molar-refractivity contribution in [3.8, 4) is 33.0 Å². The topological polar surface area (TPSA) is 88.2 Å². The molecule has 6 nitrogen and oxygen atoms in total. The van der Waals surface area contributed by atoms with Crippen molar-refractivity contribution in [2.24, 2.45) is 7.05 Å². The number of rotatable bonds is 5. The number of hydrogen-bond donors (Lipinski definition) is 2. The molecule has 196 valence electrons. The van der Waals surface area contributed by atoms with Crippen LogP contribution >= 0.6 is 22.9 Å². The molecule has 0 bridgehead atoms. The minimum atomic E-state index is -0.860. The summed E-state index contributed by atoms with van der Waals surface area (Å²) in [5.74, 6) is -0.860. The Labute approximate surface area is 231 Å². The Morgan fingerprint density at radius 2 is 1.68 bits per heavy atom. The molecule has 2 heterocycles. The molecule has 0 aliphatic rings. The highest BCUT2D eigenvalue weighted by molar-refractivity contribution is 7.22. The lowest BCUT2D eigenvalue weighted by molar-refractivity contribution is -0.136. The van der Waals surface area contributed by atoms with Gasteiger partial charge in [-0.15, -0.1) is 11.3 Å². The molecule has 0 amide bonds. The van der Waals surface area contributed by atoms with Crippen LogP contribution in [0, 0.1) is 6.92 Å². The number of aliphatic carboxylic acids is 1. The number of carbonyl (C=O) groups is 1. The Balaban J connectivity index is 0.000000617. The van der Waals surface area contributed by atoms with Crippen LogP contribution in [0.15, 0.2) is 66.9 Å². The summed E-state index contributed by atoms with van der Waals surface area (Å²) < 4.78 is 2.82. The highest BCUT2D eigenvalue weighted by Gasteiger charge is 2.19. The molecule has 38 heavy (non-hydrogen) atoms. The van der Waals surface area contributed by atoms with Gasteiger partial charge in [0.15, 0.2) is 0 Å². The maximum absolute atomic E-state index is 11.7. The quantitative estimate of drug-likeness (QED) is 0.239. The molecule has 5 aromatic rings. The Kier molecular flexibility index (Phi) is 8.02. The molecule has 0 aliphatic heterocycles. The largest absolute Gasteiger partial charge is 0.481 e. The molecule has 8 heteroatoms. The number of fused-ring (bicyclic) bond motifs is 1. The van der Waals surface area contributed by atoms with E-state index in [0.717, 1.165) is 54.3 Å². The molecule has 3 aromatic carbocycles. The third-order valence-corrected chi connectivity index (χ3v) is 7.09. The van der Waals surface area contributed by atoms with E-state index in [4.69, 9.17) is 21.7 Å². The summed E-state index contributed by atoms with van der Waals surface area (Å²) in [4.78, 5) is 16.6. The van der Waals surface area contributed by atoms with Gasteiger partial charge in [0.2, 0.25) is 0 Å². The third kappa shape index (κ3) is 6.48. The third-order valence-electron chi connectivity index (χ3n) is 5.70. The summed E-state index contributed by atoms with van der Waals surface area (Å²) in [5, 5.41) is 23.9. The van der Waals surface area contributed by atoms with Crippen molar-refractivity contribution in [3.05, 3.63) is 83.0 Å². The molecule has 0 radical (unpaired) electrons. The lowest BCUT2D eigenvalue weighted by atomic mass is 9.93. The number of aromatic nitrogens is 3. The summed E-state index contributed by atoms with van der Waals surface area (Å²) in [5.41, 5.74) is 7.02. The van der Waals surface area contributed by atoms with Crippen LogP contribution in [0.5, 0.6) is 0 Å². The Morgan fingerprint density at radius 3 is 2.29 bits per heavy atom. The average Bonchev–Trinajstić information content (AvgIpc) is 3.45. The number of thiazole rings is 1. The zero-order valence-corrected chi connectivity index (χ0v) is 23.6. The Hall–Kier alpha value is -3.52. The minimum Gasteiger partial charge on any atom is -0.481 e. The van der Waals surface area contributed by atoms with E-state index in [1.54, 1.807) is 38.3 Å². The van der Waals surface area contributed by atoms with Gasteiger partial charge in [0.25, 0.3) is 0 Å². The van der Waals surface area contributed by atoms with Gasteiger partial charge in [-0.3, -0.25) is 9.48 Å². The van der Waals surface area contributed by atoms with Crippen molar-refractivity contribution in [1.29, 1.82) is 0 Å². The van der Waals surface area contributed by atoms with Crippen LogP contribution in [0.3, 0.4) is 0 Å². The number of halogens is 1. The van der Waals surface area contributed by atoms with Crippen LogP contribution in [-0.4, -0.2) is 36.5 Å². The molecule has 0 fully saturated rings. The number of aliphatic hydroxyl groups is 1. The second-order valence-electron chi connectivity index (χ2n) is 10.1. The Bertz CT molecular complexity index is 1590. The smallest absolute Gasteiger partial charge is 0.307 e. The van der Waals surface area contributed by atoms with Crippen molar-refractivity contribution < 1.29 is 15.0 Å². The first-order valence-corrected chi connectivity index (χ1v) is 13.3. The second kappa shape index (κ2) is 11.1. The summed E-state index contributed by atoms with van der Waals surface area (Å²) in [7, 11) is 1.92. The number of nitrogens with zero attached hydrogens (tertiary/aromatic N) is 3. The van der Waals surface area contributed by atoms with E-state index >= 15 is 0 Å². The predicted molar refractivity (Wildman–Crippen MR) is 156 cm³/mol. The van der Waals surface area contributed by atoms with Crippen LogP contribution in [0.2, 0.25) is 5.02 Å². The van der Waals surface area contributed by atoms with Crippen molar-refractivity contribution in [1.82, 2.24) is 14.8 Å². The van der Waals surface area contributed by atoms with Gasteiger partial charge < -0.3 is 10.2 Å². The first kappa shape index (κ1) is 27.5. The summed E-state index contributed by atoms with van der Waals surface area (Å²) in [6.07, 6.45) is 1.73. The Morgan fingerprint density at radius 1 is 1.03 bits per heavy atom. The molecule has 2 aromatic heterocycles. The first-order chi connectivity index (χ1) is 17.9. The van der Waals surface area contributed by atoms with Crippen molar-refractivity contribution >= 4 is 39.1 Å². The number of hydrogen-bond acceptors (Lipinski definition) is 5. The van der Waals surface area contributed by atoms with Crippen molar-refractivity contribution in [2.45, 2.75) is 39.7 Å². The number of carboxylic acid groups (broad SMARTS) is 1. The van der Waals surface area contributed by atoms with E-state index in [9.17, 15) is 9.90 Å².